The number of H-pyrrole nitrogens is 1. The molecule has 0 aliphatic carbocycles. The van der Waals surface area contributed by atoms with Crippen molar-refractivity contribution in [3.05, 3.63) is 58.3 Å². The molecule has 5 nitrogen and oxygen atoms in total. The minimum atomic E-state index is -0.253. The highest BCUT2D eigenvalue weighted by molar-refractivity contribution is 9.10. The van der Waals surface area contributed by atoms with E-state index in [-0.39, 0.29) is 11.6 Å². The smallest absolute Gasteiger partial charge is 0.320 e. The Balaban J connectivity index is 1.86. The van der Waals surface area contributed by atoms with E-state index in [0.717, 1.165) is 15.6 Å². The molecule has 0 bridgehead atoms. The molecule has 6 heteroatoms. The molecule has 1 aromatic carbocycles. The molecule has 0 fully saturated rings. The first-order valence-corrected chi connectivity index (χ1v) is 7.39. The van der Waals surface area contributed by atoms with Gasteiger partial charge in [-0.3, -0.25) is 0 Å². The summed E-state index contributed by atoms with van der Waals surface area (Å²) in [7, 11) is 0. The number of aromatic nitrogens is 2. The molecule has 110 valence electrons. The van der Waals surface area contributed by atoms with E-state index in [1.165, 1.54) is 6.21 Å². The molecular weight excluding hydrogens is 346 g/mol. The molecule has 3 aromatic rings. The Morgan fingerprint density at radius 1 is 1.23 bits per heavy atom. The average molecular weight is 359 g/mol. The van der Waals surface area contributed by atoms with Crippen LogP contribution in [0.25, 0.3) is 11.5 Å². The molecular formula is C16H13BrN3O2+. The molecule has 0 aliphatic rings. The number of halogens is 1. The summed E-state index contributed by atoms with van der Waals surface area (Å²) < 4.78 is 6.21. The van der Waals surface area contributed by atoms with Gasteiger partial charge in [0.1, 0.15) is 6.20 Å². The van der Waals surface area contributed by atoms with Crippen molar-refractivity contribution in [3.63, 3.8) is 0 Å². The first kappa shape index (κ1) is 14.5. The minimum Gasteiger partial charge on any atom is -0.479 e. The zero-order valence-corrected chi connectivity index (χ0v) is 13.3. The summed E-state index contributed by atoms with van der Waals surface area (Å²) in [4.78, 5) is 11.5. The van der Waals surface area contributed by atoms with E-state index in [2.05, 4.69) is 30.9 Å². The number of hydrogen-bond donors (Lipinski definition) is 1. The van der Waals surface area contributed by atoms with Gasteiger partial charge >= 0.3 is 11.8 Å². The van der Waals surface area contributed by atoms with E-state index in [0.29, 0.717) is 11.7 Å². The lowest BCUT2D eigenvalue weighted by molar-refractivity contribution is -0.363. The molecule has 0 atom stereocenters. The number of pyridine rings is 1. The number of aliphatic imine (C=N–C) groups is 1. The molecule has 2 heterocycles. The van der Waals surface area contributed by atoms with Gasteiger partial charge < -0.3 is 9.52 Å². The Kier molecular flexibility index (Phi) is 4.02. The maximum absolute atomic E-state index is 9.83. The first-order chi connectivity index (χ1) is 10.6. The fourth-order valence-corrected chi connectivity index (χ4v) is 2.08. The largest absolute Gasteiger partial charge is 0.479 e. The maximum Gasteiger partial charge on any atom is 0.320 e. The van der Waals surface area contributed by atoms with E-state index in [1.54, 1.807) is 12.3 Å². The van der Waals surface area contributed by atoms with Gasteiger partial charge in [-0.15, -0.1) is 0 Å². The van der Waals surface area contributed by atoms with E-state index in [4.69, 9.17) is 4.42 Å². The SMILES string of the molecule is Cc1ccc(-c2nc(C=Nc3ccc(Br)c[nH+]3)c(O)o2)cc1. The van der Waals surface area contributed by atoms with Crippen LogP contribution in [0.15, 0.2) is 56.5 Å². The van der Waals surface area contributed by atoms with Crippen LogP contribution in [-0.2, 0) is 0 Å². The summed E-state index contributed by atoms with van der Waals surface area (Å²) in [5.74, 6) is 0.748. The van der Waals surface area contributed by atoms with Crippen molar-refractivity contribution in [1.29, 1.82) is 0 Å². The molecule has 0 saturated carbocycles. The highest BCUT2D eigenvalue weighted by atomic mass is 79.9. The van der Waals surface area contributed by atoms with Crippen molar-refractivity contribution in [3.8, 4) is 17.4 Å². The van der Waals surface area contributed by atoms with Gasteiger partial charge in [0.25, 0.3) is 0 Å². The summed E-state index contributed by atoms with van der Waals surface area (Å²) in [6.45, 7) is 2.00. The third kappa shape index (κ3) is 3.23. The number of aromatic hydroxyl groups is 1. The fraction of sp³-hybridized carbons (Fsp3) is 0.0625. The Morgan fingerprint density at radius 2 is 2.00 bits per heavy atom. The zero-order chi connectivity index (χ0) is 15.5. The highest BCUT2D eigenvalue weighted by Gasteiger charge is 2.14. The van der Waals surface area contributed by atoms with Crippen LogP contribution in [0.2, 0.25) is 0 Å². The van der Waals surface area contributed by atoms with Crippen LogP contribution in [0.5, 0.6) is 5.95 Å². The van der Waals surface area contributed by atoms with Crippen LogP contribution in [0.3, 0.4) is 0 Å². The monoisotopic (exact) mass is 358 g/mol. The predicted molar refractivity (Wildman–Crippen MR) is 86.3 cm³/mol. The average Bonchev–Trinajstić information content (AvgIpc) is 2.88. The quantitative estimate of drug-likeness (QED) is 0.725. The van der Waals surface area contributed by atoms with Crippen molar-refractivity contribution >= 4 is 28.0 Å². The number of hydrogen-bond acceptors (Lipinski definition) is 4. The van der Waals surface area contributed by atoms with Crippen molar-refractivity contribution < 1.29 is 14.5 Å². The topological polar surface area (TPSA) is 72.8 Å². The van der Waals surface area contributed by atoms with Crippen LogP contribution in [0.4, 0.5) is 5.82 Å². The second kappa shape index (κ2) is 6.11. The lowest BCUT2D eigenvalue weighted by Gasteiger charge is -1.94. The number of oxazole rings is 1. The molecule has 0 aliphatic heterocycles. The predicted octanol–water partition coefficient (Wildman–Crippen LogP) is 3.68. The van der Waals surface area contributed by atoms with Gasteiger partial charge in [0, 0.05) is 11.6 Å². The van der Waals surface area contributed by atoms with Crippen molar-refractivity contribution in [2.45, 2.75) is 6.92 Å². The van der Waals surface area contributed by atoms with Gasteiger partial charge in [-0.25, -0.2) is 9.97 Å². The Bertz CT molecular complexity index is 808. The second-order valence-electron chi connectivity index (χ2n) is 4.73. The van der Waals surface area contributed by atoms with Gasteiger partial charge in [0.05, 0.1) is 4.47 Å². The molecule has 0 radical (unpaired) electrons. The Hall–Kier alpha value is -2.47. The Labute approximate surface area is 135 Å². The fourth-order valence-electron chi connectivity index (χ4n) is 1.84. The van der Waals surface area contributed by atoms with Gasteiger partial charge in [0.15, 0.2) is 11.9 Å². The summed E-state index contributed by atoms with van der Waals surface area (Å²) in [6.07, 6.45) is 3.23. The molecule has 3 rings (SSSR count). The molecule has 0 saturated heterocycles. The van der Waals surface area contributed by atoms with E-state index in [9.17, 15) is 5.11 Å². The van der Waals surface area contributed by atoms with Gasteiger partial charge in [-0.2, -0.15) is 0 Å². The number of aromatic amines is 1. The third-order valence-corrected chi connectivity index (χ3v) is 3.51. The highest BCUT2D eigenvalue weighted by Crippen LogP contribution is 2.25. The number of nitrogens with zero attached hydrogens (tertiary/aromatic N) is 2. The normalized spacial score (nSPS) is 11.2. The molecule has 0 unspecified atom stereocenters. The van der Waals surface area contributed by atoms with E-state index < -0.39 is 0 Å². The lowest BCUT2D eigenvalue weighted by Crippen LogP contribution is -2.00. The van der Waals surface area contributed by atoms with Crippen LogP contribution < -0.4 is 4.98 Å². The molecule has 0 amide bonds. The van der Waals surface area contributed by atoms with Crippen LogP contribution in [0.1, 0.15) is 11.3 Å². The zero-order valence-electron chi connectivity index (χ0n) is 11.7. The van der Waals surface area contributed by atoms with Crippen molar-refractivity contribution in [2.24, 2.45) is 4.99 Å². The second-order valence-corrected chi connectivity index (χ2v) is 5.64. The van der Waals surface area contributed by atoms with E-state index >= 15 is 0 Å². The van der Waals surface area contributed by atoms with Crippen LogP contribution >= 0.6 is 15.9 Å². The molecule has 2 N–H and O–H groups in total. The summed E-state index contributed by atoms with van der Waals surface area (Å²) in [6, 6.07) is 11.4. The number of rotatable bonds is 3. The molecule has 22 heavy (non-hydrogen) atoms. The maximum atomic E-state index is 9.83. The number of benzene rings is 1. The van der Waals surface area contributed by atoms with Gasteiger partial charge in [0.2, 0.25) is 5.89 Å². The summed E-state index contributed by atoms with van der Waals surface area (Å²) in [5.41, 5.74) is 2.23. The summed E-state index contributed by atoms with van der Waals surface area (Å²) >= 11 is 3.34. The number of nitrogens with one attached hydrogen (secondary N) is 1. The minimum absolute atomic E-state index is 0.253. The third-order valence-electron chi connectivity index (χ3n) is 3.02. The first-order valence-electron chi connectivity index (χ1n) is 6.60. The van der Waals surface area contributed by atoms with Crippen LogP contribution in [0, 0.1) is 6.92 Å². The van der Waals surface area contributed by atoms with E-state index in [1.807, 2.05) is 37.3 Å². The summed E-state index contributed by atoms with van der Waals surface area (Å²) in [5, 5.41) is 9.83. The van der Waals surface area contributed by atoms with Crippen LogP contribution in [-0.4, -0.2) is 16.3 Å². The van der Waals surface area contributed by atoms with Gasteiger partial charge in [-0.05, 0) is 46.0 Å². The Morgan fingerprint density at radius 3 is 2.68 bits per heavy atom. The molecule has 0 spiro atoms. The van der Waals surface area contributed by atoms with Gasteiger partial charge in [-0.1, -0.05) is 17.7 Å². The molecule has 2 aromatic heterocycles. The van der Waals surface area contributed by atoms with Crippen molar-refractivity contribution in [1.82, 2.24) is 4.98 Å². The number of aryl methyl sites for hydroxylation is 1. The lowest BCUT2D eigenvalue weighted by atomic mass is 10.1. The standard InChI is InChI=1S/C16H12BrN3O2/c1-10-2-4-11(5-3-10)15-20-13(16(21)22-15)9-19-14-7-6-12(17)8-18-14/h2-9,21H,1H3/p+1. The van der Waals surface area contributed by atoms with Crippen molar-refractivity contribution in [2.75, 3.05) is 0 Å².